The third kappa shape index (κ3) is 3.84. The maximum atomic E-state index is 13.1. The van der Waals surface area contributed by atoms with Gasteiger partial charge in [-0.05, 0) is 31.7 Å². The second kappa shape index (κ2) is 7.90. The minimum atomic E-state index is -0.777. The van der Waals surface area contributed by atoms with E-state index in [0.717, 1.165) is 19.5 Å². The van der Waals surface area contributed by atoms with E-state index in [0.29, 0.717) is 66.3 Å². The zero-order valence-corrected chi connectivity index (χ0v) is 16.9. The summed E-state index contributed by atoms with van der Waals surface area (Å²) in [6.45, 7) is 6.65. The third-order valence-corrected chi connectivity index (χ3v) is 6.94. The molecule has 0 radical (unpaired) electrons. The number of morpholine rings is 1. The van der Waals surface area contributed by atoms with E-state index in [9.17, 15) is 14.7 Å². The Kier molecular flexibility index (Phi) is 5.50. The van der Waals surface area contributed by atoms with Gasteiger partial charge in [-0.3, -0.25) is 14.5 Å². The van der Waals surface area contributed by atoms with Gasteiger partial charge in [0, 0.05) is 32.7 Å². The lowest BCUT2D eigenvalue weighted by atomic mass is 9.94. The maximum Gasteiger partial charge on any atom is 0.264 e. The normalized spacial score (nSPS) is 24.4. The molecule has 0 bridgehead atoms. The van der Waals surface area contributed by atoms with Crippen molar-refractivity contribution in [2.75, 3.05) is 45.9 Å². The number of β-amino-alcohol motifs (C(OH)–C–C–N with tert-alkyl or cyclic N) is 1. The first-order valence-corrected chi connectivity index (χ1v) is 10.6. The van der Waals surface area contributed by atoms with Crippen LogP contribution < -0.4 is 5.56 Å². The summed E-state index contributed by atoms with van der Waals surface area (Å²) >= 11 is 1.27. The van der Waals surface area contributed by atoms with Crippen molar-refractivity contribution in [3.63, 3.8) is 0 Å². The van der Waals surface area contributed by atoms with Crippen molar-refractivity contribution in [3.05, 3.63) is 27.1 Å². The Balaban J connectivity index is 1.48. The molecule has 28 heavy (non-hydrogen) atoms. The molecule has 152 valence electrons. The molecule has 2 aliphatic heterocycles. The van der Waals surface area contributed by atoms with Gasteiger partial charge in [0.25, 0.3) is 11.5 Å². The number of ether oxygens (including phenoxy) is 1. The number of hydrogen-bond acceptors (Lipinski definition) is 7. The van der Waals surface area contributed by atoms with Crippen LogP contribution in [0, 0.1) is 6.92 Å². The van der Waals surface area contributed by atoms with Crippen LogP contribution in [-0.2, 0) is 4.74 Å². The molecule has 2 fully saturated rings. The Bertz CT molecular complexity index is 920. The summed E-state index contributed by atoms with van der Waals surface area (Å²) in [6, 6.07) is 0. The number of aromatic nitrogens is 2. The van der Waals surface area contributed by atoms with E-state index in [1.54, 1.807) is 6.92 Å². The number of carbonyl (C=O) groups is 1. The predicted molar refractivity (Wildman–Crippen MR) is 107 cm³/mol. The predicted octanol–water partition coefficient (Wildman–Crippen LogP) is 0.982. The summed E-state index contributed by atoms with van der Waals surface area (Å²) in [5.74, 6) is -0.0736. The van der Waals surface area contributed by atoms with Crippen LogP contribution in [0.1, 0.15) is 34.5 Å². The van der Waals surface area contributed by atoms with Crippen LogP contribution in [0.4, 0.5) is 0 Å². The zero-order chi connectivity index (χ0) is 19.7. The second-order valence-corrected chi connectivity index (χ2v) is 8.73. The standard InChI is InChI=1S/C19H26N4O4S/c1-13-14-16(24)20-12-21-17(14)28-15(13)18(25)23-5-2-3-19(26,4-6-23)11-22-7-9-27-10-8-22/h12,26H,2-11H2,1H3,(H,20,21,24)/t19-/m0/s1. The van der Waals surface area contributed by atoms with Gasteiger partial charge in [-0.2, -0.15) is 0 Å². The molecule has 0 saturated carbocycles. The molecular weight excluding hydrogens is 380 g/mol. The van der Waals surface area contributed by atoms with Crippen molar-refractivity contribution in [2.24, 2.45) is 0 Å². The number of aromatic amines is 1. The number of thiophene rings is 1. The molecule has 1 amide bonds. The number of hydrogen-bond donors (Lipinski definition) is 2. The molecule has 4 rings (SSSR count). The number of rotatable bonds is 3. The number of carbonyl (C=O) groups excluding carboxylic acids is 1. The minimum Gasteiger partial charge on any atom is -0.388 e. The van der Waals surface area contributed by atoms with Crippen LogP contribution in [0.2, 0.25) is 0 Å². The minimum absolute atomic E-state index is 0.0736. The number of nitrogens with one attached hydrogen (secondary N) is 1. The van der Waals surface area contributed by atoms with Gasteiger partial charge in [-0.1, -0.05) is 0 Å². The molecule has 4 heterocycles. The van der Waals surface area contributed by atoms with Crippen molar-refractivity contribution in [2.45, 2.75) is 31.8 Å². The molecule has 0 unspecified atom stereocenters. The van der Waals surface area contributed by atoms with Crippen LogP contribution in [-0.4, -0.2) is 82.3 Å². The van der Waals surface area contributed by atoms with Crippen molar-refractivity contribution in [3.8, 4) is 0 Å². The molecule has 9 heteroatoms. The highest BCUT2D eigenvalue weighted by molar-refractivity contribution is 7.20. The number of amides is 1. The molecular formula is C19H26N4O4S. The van der Waals surface area contributed by atoms with Gasteiger partial charge in [0.2, 0.25) is 0 Å². The van der Waals surface area contributed by atoms with E-state index in [1.165, 1.54) is 17.7 Å². The Hall–Kier alpha value is -1.81. The fourth-order valence-corrected chi connectivity index (χ4v) is 5.26. The van der Waals surface area contributed by atoms with E-state index in [-0.39, 0.29) is 11.5 Å². The first-order chi connectivity index (χ1) is 13.5. The highest BCUT2D eigenvalue weighted by Crippen LogP contribution is 2.30. The molecule has 2 aromatic rings. The van der Waals surface area contributed by atoms with Gasteiger partial charge < -0.3 is 19.7 Å². The van der Waals surface area contributed by atoms with Gasteiger partial charge in [0.15, 0.2) is 0 Å². The van der Waals surface area contributed by atoms with Crippen molar-refractivity contribution >= 4 is 27.5 Å². The average Bonchev–Trinajstić information content (AvgIpc) is 2.90. The van der Waals surface area contributed by atoms with Crippen LogP contribution in [0.15, 0.2) is 11.1 Å². The fourth-order valence-electron chi connectivity index (χ4n) is 4.14. The molecule has 8 nitrogen and oxygen atoms in total. The van der Waals surface area contributed by atoms with Crippen molar-refractivity contribution in [1.82, 2.24) is 19.8 Å². The maximum absolute atomic E-state index is 13.1. The number of aliphatic hydroxyl groups is 1. The van der Waals surface area contributed by atoms with Gasteiger partial charge >= 0.3 is 0 Å². The lowest BCUT2D eigenvalue weighted by Gasteiger charge is -2.35. The second-order valence-electron chi connectivity index (χ2n) is 7.73. The first kappa shape index (κ1) is 19.5. The Morgan fingerprint density at radius 3 is 2.86 bits per heavy atom. The Morgan fingerprint density at radius 2 is 2.11 bits per heavy atom. The highest BCUT2D eigenvalue weighted by atomic mass is 32.1. The molecule has 2 aromatic heterocycles. The van der Waals surface area contributed by atoms with Crippen LogP contribution in [0.5, 0.6) is 0 Å². The number of H-pyrrole nitrogens is 1. The van der Waals surface area contributed by atoms with Crippen LogP contribution in [0.3, 0.4) is 0 Å². The molecule has 2 N–H and O–H groups in total. The van der Waals surface area contributed by atoms with E-state index < -0.39 is 5.60 Å². The summed E-state index contributed by atoms with van der Waals surface area (Å²) in [5, 5.41) is 11.6. The van der Waals surface area contributed by atoms with Gasteiger partial charge in [-0.25, -0.2) is 4.98 Å². The SMILES string of the molecule is Cc1c(C(=O)N2CCC[C@@](O)(CN3CCOCC3)CC2)sc2nc[nH]c(=O)c12. The van der Waals surface area contributed by atoms with Gasteiger partial charge in [0.1, 0.15) is 4.83 Å². The topological polar surface area (TPSA) is 98.8 Å². The molecule has 2 saturated heterocycles. The lowest BCUT2D eigenvalue weighted by molar-refractivity contribution is -0.0389. The molecule has 0 spiro atoms. The molecule has 1 atom stereocenters. The smallest absolute Gasteiger partial charge is 0.264 e. The van der Waals surface area contributed by atoms with Gasteiger partial charge in [0.05, 0.1) is 35.4 Å². The number of nitrogens with zero attached hydrogens (tertiary/aromatic N) is 3. The quantitative estimate of drug-likeness (QED) is 0.789. The number of aryl methyl sites for hydroxylation is 1. The largest absolute Gasteiger partial charge is 0.388 e. The van der Waals surface area contributed by atoms with Gasteiger partial charge in [-0.15, -0.1) is 11.3 Å². The summed E-state index contributed by atoms with van der Waals surface area (Å²) < 4.78 is 5.38. The number of likely N-dealkylation sites (tertiary alicyclic amines) is 1. The van der Waals surface area contributed by atoms with E-state index in [4.69, 9.17) is 4.74 Å². The molecule has 0 aliphatic carbocycles. The van der Waals surface area contributed by atoms with E-state index in [2.05, 4.69) is 14.9 Å². The zero-order valence-electron chi connectivity index (χ0n) is 16.1. The van der Waals surface area contributed by atoms with Crippen LogP contribution >= 0.6 is 11.3 Å². The van der Waals surface area contributed by atoms with E-state index in [1.807, 2.05) is 4.90 Å². The van der Waals surface area contributed by atoms with Crippen LogP contribution in [0.25, 0.3) is 10.2 Å². The average molecular weight is 407 g/mol. The molecule has 2 aliphatic rings. The lowest BCUT2D eigenvalue weighted by Crippen LogP contribution is -2.48. The Labute approximate surface area is 167 Å². The number of fused-ring (bicyclic) bond motifs is 1. The van der Waals surface area contributed by atoms with Crippen molar-refractivity contribution in [1.29, 1.82) is 0 Å². The first-order valence-electron chi connectivity index (χ1n) is 9.75. The summed E-state index contributed by atoms with van der Waals surface area (Å²) in [5.41, 5.74) is -0.305. The summed E-state index contributed by atoms with van der Waals surface area (Å²) in [6.07, 6.45) is 3.36. The molecule has 0 aromatic carbocycles. The highest BCUT2D eigenvalue weighted by Gasteiger charge is 2.34. The van der Waals surface area contributed by atoms with Crippen molar-refractivity contribution < 1.29 is 14.6 Å². The van der Waals surface area contributed by atoms with E-state index >= 15 is 0 Å². The third-order valence-electron chi connectivity index (χ3n) is 5.75. The summed E-state index contributed by atoms with van der Waals surface area (Å²) in [4.78, 5) is 37.2. The summed E-state index contributed by atoms with van der Waals surface area (Å²) in [7, 11) is 0. The fraction of sp³-hybridized carbons (Fsp3) is 0.632. The Morgan fingerprint density at radius 1 is 1.32 bits per heavy atom. The monoisotopic (exact) mass is 406 g/mol.